The van der Waals surface area contributed by atoms with Gasteiger partial charge >= 0.3 is 5.97 Å². The number of carboxylic acid groups (broad SMARTS) is 1. The zero-order valence-electron chi connectivity index (χ0n) is 13.0. The van der Waals surface area contributed by atoms with Crippen molar-refractivity contribution in [3.8, 4) is 5.75 Å². The van der Waals surface area contributed by atoms with Crippen molar-refractivity contribution >= 4 is 12.0 Å². The molecule has 0 radical (unpaired) electrons. The van der Waals surface area contributed by atoms with Gasteiger partial charge in [-0.2, -0.15) is 0 Å². The maximum atomic E-state index is 10.5. The van der Waals surface area contributed by atoms with Crippen molar-refractivity contribution in [3.63, 3.8) is 0 Å². The molecule has 1 aromatic rings. The quantitative estimate of drug-likeness (QED) is 0.779. The van der Waals surface area contributed by atoms with Crippen LogP contribution in [0.4, 0.5) is 0 Å². The number of aliphatic carboxylic acids is 1. The molecule has 2 rings (SSSR count). The Labute approximate surface area is 131 Å². The fraction of sp³-hybridized carbons (Fsp3) is 0.500. The molecule has 1 aliphatic carbocycles. The van der Waals surface area contributed by atoms with Gasteiger partial charge in [-0.15, -0.1) is 0 Å². The van der Waals surface area contributed by atoms with Crippen LogP contribution >= 0.6 is 0 Å². The van der Waals surface area contributed by atoms with E-state index in [1.54, 1.807) is 6.08 Å². The summed E-state index contributed by atoms with van der Waals surface area (Å²) in [6, 6.07) is 7.49. The molecule has 120 valence electrons. The Balaban J connectivity index is 1.74. The lowest BCUT2D eigenvalue weighted by atomic mass is 9.88. The van der Waals surface area contributed by atoms with Crippen molar-refractivity contribution in [1.29, 1.82) is 0 Å². The minimum absolute atomic E-state index is 0.432. The molecule has 0 amide bonds. The van der Waals surface area contributed by atoms with Gasteiger partial charge in [-0.05, 0) is 62.3 Å². The predicted octanol–water partition coefficient (Wildman–Crippen LogP) is 3.76. The summed E-state index contributed by atoms with van der Waals surface area (Å²) in [4.78, 5) is 10.5. The molecule has 4 heteroatoms. The average molecular weight is 304 g/mol. The molecule has 1 saturated carbocycles. The smallest absolute Gasteiger partial charge is 0.328 e. The fourth-order valence-electron chi connectivity index (χ4n) is 2.76. The Morgan fingerprint density at radius 2 is 1.91 bits per heavy atom. The Bertz CT molecular complexity index is 484. The van der Waals surface area contributed by atoms with Gasteiger partial charge in [-0.1, -0.05) is 12.1 Å². The number of benzene rings is 1. The van der Waals surface area contributed by atoms with Gasteiger partial charge in [0, 0.05) is 12.7 Å². The van der Waals surface area contributed by atoms with Gasteiger partial charge in [0.25, 0.3) is 0 Å². The maximum absolute atomic E-state index is 10.5. The Morgan fingerprint density at radius 1 is 1.23 bits per heavy atom. The Kier molecular flexibility index (Phi) is 6.46. The molecule has 0 saturated heterocycles. The molecular weight excluding hydrogens is 280 g/mol. The van der Waals surface area contributed by atoms with E-state index in [1.165, 1.54) is 0 Å². The Morgan fingerprint density at radius 3 is 2.50 bits per heavy atom. The van der Waals surface area contributed by atoms with Crippen LogP contribution in [0, 0.1) is 5.92 Å². The van der Waals surface area contributed by atoms with E-state index in [0.29, 0.717) is 12.0 Å². The number of hydrogen-bond acceptors (Lipinski definition) is 3. The first kappa shape index (κ1) is 16.6. The van der Waals surface area contributed by atoms with Gasteiger partial charge in [-0.3, -0.25) is 0 Å². The predicted molar refractivity (Wildman–Crippen MR) is 86.0 cm³/mol. The molecule has 1 fully saturated rings. The number of carbonyl (C=O) groups is 1. The fourth-order valence-corrected chi connectivity index (χ4v) is 2.76. The van der Waals surface area contributed by atoms with Gasteiger partial charge in [0.1, 0.15) is 5.75 Å². The second-order valence-electron chi connectivity index (χ2n) is 5.65. The molecular formula is C18H24O4. The molecule has 0 atom stereocenters. The summed E-state index contributed by atoms with van der Waals surface area (Å²) in [6.45, 7) is 3.59. The molecule has 0 aliphatic heterocycles. The number of carboxylic acids is 1. The summed E-state index contributed by atoms with van der Waals surface area (Å²) in [6.07, 6.45) is 7.70. The summed E-state index contributed by atoms with van der Waals surface area (Å²) in [5, 5.41) is 8.59. The highest BCUT2D eigenvalue weighted by Crippen LogP contribution is 2.27. The Hall–Kier alpha value is -1.81. The maximum Gasteiger partial charge on any atom is 0.328 e. The second-order valence-corrected chi connectivity index (χ2v) is 5.65. The van der Waals surface area contributed by atoms with Crippen LogP contribution < -0.4 is 4.74 Å². The van der Waals surface area contributed by atoms with Gasteiger partial charge in [0.2, 0.25) is 0 Å². The van der Waals surface area contributed by atoms with Crippen LogP contribution in [0.3, 0.4) is 0 Å². The van der Waals surface area contributed by atoms with E-state index in [4.69, 9.17) is 14.6 Å². The standard InChI is InChI=1S/C18H24O4/c1-2-21-16-10-5-15(6-11-16)13-22-17-8-3-14(4-9-17)7-12-18(19)20/h3-4,7-9,12,15-16H,2,5-6,10-11,13H2,1H3,(H,19,20). The molecule has 1 N–H and O–H groups in total. The molecule has 4 nitrogen and oxygen atoms in total. The highest BCUT2D eigenvalue weighted by molar-refractivity contribution is 5.85. The summed E-state index contributed by atoms with van der Waals surface area (Å²) in [5.74, 6) is 0.491. The van der Waals surface area contributed by atoms with Crippen LogP contribution in [0.25, 0.3) is 6.08 Å². The molecule has 0 bridgehead atoms. The van der Waals surface area contributed by atoms with E-state index in [9.17, 15) is 4.79 Å². The molecule has 22 heavy (non-hydrogen) atoms. The first-order valence-electron chi connectivity index (χ1n) is 7.93. The van der Waals surface area contributed by atoms with E-state index in [2.05, 4.69) is 0 Å². The SMILES string of the molecule is CCOC1CCC(COc2ccc(C=CC(=O)O)cc2)CC1. The topological polar surface area (TPSA) is 55.8 Å². The number of ether oxygens (including phenoxy) is 2. The van der Waals surface area contributed by atoms with Crippen molar-refractivity contribution in [2.45, 2.75) is 38.7 Å². The molecule has 0 unspecified atom stereocenters. The van der Waals surface area contributed by atoms with Crippen LogP contribution in [-0.4, -0.2) is 30.4 Å². The third-order valence-electron chi connectivity index (χ3n) is 3.98. The minimum atomic E-state index is -0.942. The van der Waals surface area contributed by atoms with Crippen LogP contribution in [0.1, 0.15) is 38.2 Å². The van der Waals surface area contributed by atoms with Crippen LogP contribution in [0.2, 0.25) is 0 Å². The van der Waals surface area contributed by atoms with Gasteiger partial charge in [0.15, 0.2) is 0 Å². The first-order valence-corrected chi connectivity index (χ1v) is 7.93. The zero-order chi connectivity index (χ0) is 15.8. The lowest BCUT2D eigenvalue weighted by molar-refractivity contribution is -0.131. The first-order chi connectivity index (χ1) is 10.7. The monoisotopic (exact) mass is 304 g/mol. The third-order valence-corrected chi connectivity index (χ3v) is 3.98. The van der Waals surface area contributed by atoms with Crippen molar-refractivity contribution in [3.05, 3.63) is 35.9 Å². The summed E-state index contributed by atoms with van der Waals surface area (Å²) >= 11 is 0. The lowest BCUT2D eigenvalue weighted by Crippen LogP contribution is -2.24. The van der Waals surface area contributed by atoms with E-state index >= 15 is 0 Å². The minimum Gasteiger partial charge on any atom is -0.493 e. The summed E-state index contributed by atoms with van der Waals surface area (Å²) in [7, 11) is 0. The highest BCUT2D eigenvalue weighted by atomic mass is 16.5. The molecule has 0 spiro atoms. The van der Waals surface area contributed by atoms with Crippen LogP contribution in [0.15, 0.2) is 30.3 Å². The third kappa shape index (κ3) is 5.53. The highest BCUT2D eigenvalue weighted by Gasteiger charge is 2.21. The van der Waals surface area contributed by atoms with Gasteiger partial charge in [-0.25, -0.2) is 4.79 Å². The average Bonchev–Trinajstić information content (AvgIpc) is 2.53. The van der Waals surface area contributed by atoms with E-state index in [1.807, 2.05) is 31.2 Å². The van der Waals surface area contributed by atoms with E-state index in [0.717, 1.165) is 56.3 Å². The largest absolute Gasteiger partial charge is 0.493 e. The zero-order valence-corrected chi connectivity index (χ0v) is 13.0. The molecule has 1 aromatic carbocycles. The molecule has 1 aliphatic rings. The van der Waals surface area contributed by atoms with Crippen molar-refractivity contribution < 1.29 is 19.4 Å². The molecule has 0 heterocycles. The normalized spacial score (nSPS) is 21.9. The van der Waals surface area contributed by atoms with Crippen LogP contribution in [0.5, 0.6) is 5.75 Å². The van der Waals surface area contributed by atoms with Gasteiger partial charge in [0.05, 0.1) is 12.7 Å². The van der Waals surface area contributed by atoms with Crippen LogP contribution in [-0.2, 0) is 9.53 Å². The van der Waals surface area contributed by atoms with Crippen molar-refractivity contribution in [2.24, 2.45) is 5.92 Å². The molecule has 0 aromatic heterocycles. The second kappa shape index (κ2) is 8.59. The number of rotatable bonds is 7. The van der Waals surface area contributed by atoms with Gasteiger partial charge < -0.3 is 14.6 Å². The summed E-state index contributed by atoms with van der Waals surface area (Å²) in [5.41, 5.74) is 0.854. The lowest BCUT2D eigenvalue weighted by Gasteiger charge is -2.28. The van der Waals surface area contributed by atoms with E-state index < -0.39 is 5.97 Å². The van der Waals surface area contributed by atoms with Crippen molar-refractivity contribution in [1.82, 2.24) is 0 Å². The summed E-state index contributed by atoms with van der Waals surface area (Å²) < 4.78 is 11.5. The number of hydrogen-bond donors (Lipinski definition) is 1. The van der Waals surface area contributed by atoms with Crippen molar-refractivity contribution in [2.75, 3.05) is 13.2 Å². The van der Waals surface area contributed by atoms with E-state index in [-0.39, 0.29) is 0 Å².